The second-order valence-corrected chi connectivity index (χ2v) is 4.87. The van der Waals surface area contributed by atoms with Crippen molar-refractivity contribution in [2.24, 2.45) is 0 Å². The minimum Gasteiger partial charge on any atom is -0.492 e. The van der Waals surface area contributed by atoms with Gasteiger partial charge in [-0.05, 0) is 31.2 Å². The highest BCUT2D eigenvalue weighted by Gasteiger charge is 2.18. The number of fused-ring (bicyclic) bond motifs is 2. The smallest absolute Gasteiger partial charge is 0.143 e. The van der Waals surface area contributed by atoms with E-state index in [9.17, 15) is 0 Å². The molecular weight excluding hydrogens is 230 g/mol. The van der Waals surface area contributed by atoms with E-state index >= 15 is 0 Å². The Morgan fingerprint density at radius 3 is 2.76 bits per heavy atom. The van der Waals surface area contributed by atoms with Crippen molar-refractivity contribution in [3.8, 4) is 5.75 Å². The van der Waals surface area contributed by atoms with Gasteiger partial charge < -0.3 is 10.1 Å². The second kappa shape index (κ2) is 4.34. The first-order chi connectivity index (χ1) is 8.38. The summed E-state index contributed by atoms with van der Waals surface area (Å²) in [5.41, 5.74) is 2.23. The molecule has 2 aromatic rings. The number of benzene rings is 2. The Balaban J connectivity index is 2.05. The van der Waals surface area contributed by atoms with Crippen LogP contribution in [0.1, 0.15) is 6.92 Å². The first-order valence-electron chi connectivity index (χ1n) is 5.68. The first-order valence-corrected chi connectivity index (χ1v) is 6.50. The third-order valence-corrected chi connectivity index (χ3v) is 3.79. The zero-order chi connectivity index (χ0) is 11.7. The number of hydrogen-bond donors (Lipinski definition) is 1. The van der Waals surface area contributed by atoms with Gasteiger partial charge in [0.15, 0.2) is 0 Å². The summed E-state index contributed by atoms with van der Waals surface area (Å²) in [6.07, 6.45) is 0. The summed E-state index contributed by atoms with van der Waals surface area (Å²) in [6.45, 7) is 2.69. The van der Waals surface area contributed by atoms with Gasteiger partial charge in [0.25, 0.3) is 0 Å². The molecule has 3 rings (SSSR count). The Morgan fingerprint density at radius 2 is 1.88 bits per heavy atom. The molecule has 86 valence electrons. The first kappa shape index (κ1) is 10.5. The molecule has 0 amide bonds. The lowest BCUT2D eigenvalue weighted by atomic mass is 10.2. The SMILES string of the molecule is CCOc1cccc2c1Nc1ccccc1S2. The molecule has 0 fully saturated rings. The van der Waals surface area contributed by atoms with E-state index in [1.807, 2.05) is 25.1 Å². The van der Waals surface area contributed by atoms with Gasteiger partial charge in [0, 0.05) is 9.79 Å². The van der Waals surface area contributed by atoms with Crippen molar-refractivity contribution in [1.29, 1.82) is 0 Å². The van der Waals surface area contributed by atoms with E-state index in [0.717, 1.165) is 17.1 Å². The Bertz CT molecular complexity index is 554. The van der Waals surface area contributed by atoms with Crippen molar-refractivity contribution >= 4 is 23.1 Å². The quantitative estimate of drug-likeness (QED) is 0.725. The van der Waals surface area contributed by atoms with Crippen LogP contribution in [-0.4, -0.2) is 6.61 Å². The molecule has 0 aromatic heterocycles. The molecular formula is C14H13NOS. The van der Waals surface area contributed by atoms with Crippen LogP contribution in [0.3, 0.4) is 0 Å². The topological polar surface area (TPSA) is 21.3 Å². The fraction of sp³-hybridized carbons (Fsp3) is 0.143. The van der Waals surface area contributed by atoms with Crippen LogP contribution in [0, 0.1) is 0 Å². The third kappa shape index (κ3) is 1.87. The van der Waals surface area contributed by atoms with E-state index in [-0.39, 0.29) is 0 Å². The van der Waals surface area contributed by atoms with Gasteiger partial charge in [0.2, 0.25) is 0 Å². The summed E-state index contributed by atoms with van der Waals surface area (Å²) >= 11 is 1.78. The van der Waals surface area contributed by atoms with Gasteiger partial charge in [-0.2, -0.15) is 0 Å². The molecule has 0 saturated heterocycles. The molecule has 17 heavy (non-hydrogen) atoms. The van der Waals surface area contributed by atoms with Gasteiger partial charge in [-0.3, -0.25) is 0 Å². The normalized spacial score (nSPS) is 12.3. The van der Waals surface area contributed by atoms with E-state index in [1.165, 1.54) is 9.79 Å². The van der Waals surface area contributed by atoms with Crippen LogP contribution in [0.5, 0.6) is 5.75 Å². The lowest BCUT2D eigenvalue weighted by Gasteiger charge is -2.22. The summed E-state index contributed by atoms with van der Waals surface area (Å²) in [5, 5.41) is 3.45. The monoisotopic (exact) mass is 243 g/mol. The minimum absolute atomic E-state index is 0.685. The predicted octanol–water partition coefficient (Wildman–Crippen LogP) is 4.29. The molecule has 0 atom stereocenters. The maximum Gasteiger partial charge on any atom is 0.143 e. The molecule has 3 heteroatoms. The molecule has 1 heterocycles. The van der Waals surface area contributed by atoms with Crippen molar-refractivity contribution in [2.75, 3.05) is 11.9 Å². The molecule has 1 aliphatic heterocycles. The van der Waals surface area contributed by atoms with E-state index in [4.69, 9.17) is 4.74 Å². The van der Waals surface area contributed by atoms with Crippen LogP contribution in [0.15, 0.2) is 52.3 Å². The van der Waals surface area contributed by atoms with Gasteiger partial charge in [-0.1, -0.05) is 30.0 Å². The van der Waals surface area contributed by atoms with Gasteiger partial charge >= 0.3 is 0 Å². The van der Waals surface area contributed by atoms with Crippen molar-refractivity contribution in [2.45, 2.75) is 16.7 Å². The average Bonchev–Trinajstić information content (AvgIpc) is 2.37. The maximum atomic E-state index is 5.64. The molecule has 0 unspecified atom stereocenters. The Hall–Kier alpha value is -1.61. The second-order valence-electron chi connectivity index (χ2n) is 3.79. The fourth-order valence-electron chi connectivity index (χ4n) is 1.91. The van der Waals surface area contributed by atoms with Gasteiger partial charge in [-0.15, -0.1) is 0 Å². The van der Waals surface area contributed by atoms with Gasteiger partial charge in [0.05, 0.1) is 18.0 Å². The van der Waals surface area contributed by atoms with Crippen LogP contribution in [0.2, 0.25) is 0 Å². The highest BCUT2D eigenvalue weighted by Crippen LogP contribution is 2.47. The minimum atomic E-state index is 0.685. The molecule has 0 spiro atoms. The Kier molecular flexibility index (Phi) is 2.69. The number of nitrogens with one attached hydrogen (secondary N) is 1. The fourth-order valence-corrected chi connectivity index (χ4v) is 2.92. The zero-order valence-electron chi connectivity index (χ0n) is 9.57. The van der Waals surface area contributed by atoms with Crippen LogP contribution < -0.4 is 10.1 Å². The van der Waals surface area contributed by atoms with Crippen LogP contribution in [0.4, 0.5) is 11.4 Å². The number of anilines is 2. The average molecular weight is 243 g/mol. The van der Waals surface area contributed by atoms with Crippen molar-refractivity contribution in [3.63, 3.8) is 0 Å². The molecule has 0 aliphatic carbocycles. The maximum absolute atomic E-state index is 5.64. The van der Waals surface area contributed by atoms with E-state index < -0.39 is 0 Å². The van der Waals surface area contributed by atoms with Crippen molar-refractivity contribution in [1.82, 2.24) is 0 Å². The largest absolute Gasteiger partial charge is 0.492 e. The summed E-state index contributed by atoms with van der Waals surface area (Å²) in [4.78, 5) is 2.48. The molecule has 1 aliphatic rings. The summed E-state index contributed by atoms with van der Waals surface area (Å²) in [5.74, 6) is 0.923. The standard InChI is InChI=1S/C14H13NOS/c1-2-16-11-7-5-9-13-14(11)15-10-6-3-4-8-12(10)17-13/h3-9,15H,2H2,1H3. The Labute approximate surface area is 105 Å². The van der Waals surface area contributed by atoms with Crippen LogP contribution >= 0.6 is 11.8 Å². The molecule has 0 radical (unpaired) electrons. The lowest BCUT2D eigenvalue weighted by molar-refractivity contribution is 0.341. The Morgan fingerprint density at radius 1 is 1.06 bits per heavy atom. The number of para-hydroxylation sites is 2. The summed E-state index contributed by atoms with van der Waals surface area (Å²) in [7, 11) is 0. The number of ether oxygens (including phenoxy) is 1. The van der Waals surface area contributed by atoms with Gasteiger partial charge in [-0.25, -0.2) is 0 Å². The highest BCUT2D eigenvalue weighted by atomic mass is 32.2. The molecule has 0 bridgehead atoms. The zero-order valence-corrected chi connectivity index (χ0v) is 10.4. The van der Waals surface area contributed by atoms with E-state index in [0.29, 0.717) is 6.61 Å². The number of rotatable bonds is 2. The molecule has 1 N–H and O–H groups in total. The number of hydrogen-bond acceptors (Lipinski definition) is 3. The predicted molar refractivity (Wildman–Crippen MR) is 71.5 cm³/mol. The van der Waals surface area contributed by atoms with Crippen LogP contribution in [0.25, 0.3) is 0 Å². The molecule has 0 saturated carbocycles. The summed E-state index contributed by atoms with van der Waals surface area (Å²) in [6, 6.07) is 14.5. The van der Waals surface area contributed by atoms with Crippen molar-refractivity contribution < 1.29 is 4.74 Å². The van der Waals surface area contributed by atoms with Crippen LogP contribution in [-0.2, 0) is 0 Å². The van der Waals surface area contributed by atoms with E-state index in [2.05, 4.69) is 29.6 Å². The molecule has 2 aromatic carbocycles. The highest BCUT2D eigenvalue weighted by molar-refractivity contribution is 7.99. The van der Waals surface area contributed by atoms with Crippen molar-refractivity contribution in [3.05, 3.63) is 42.5 Å². The third-order valence-electron chi connectivity index (χ3n) is 2.65. The molecule has 2 nitrogen and oxygen atoms in total. The van der Waals surface area contributed by atoms with E-state index in [1.54, 1.807) is 11.8 Å². The van der Waals surface area contributed by atoms with Gasteiger partial charge in [0.1, 0.15) is 5.75 Å². The summed E-state index contributed by atoms with van der Waals surface area (Å²) < 4.78 is 5.64. The lowest BCUT2D eigenvalue weighted by Crippen LogP contribution is -2.03.